The second-order valence-corrected chi connectivity index (χ2v) is 4.63. The van der Waals surface area contributed by atoms with Crippen molar-refractivity contribution < 1.29 is 4.74 Å². The van der Waals surface area contributed by atoms with Gasteiger partial charge in [0.25, 0.3) is 0 Å². The van der Waals surface area contributed by atoms with E-state index in [1.807, 2.05) is 12.1 Å². The van der Waals surface area contributed by atoms with E-state index in [1.54, 1.807) is 13.3 Å². The fourth-order valence-corrected chi connectivity index (χ4v) is 2.17. The van der Waals surface area contributed by atoms with Gasteiger partial charge in [0, 0.05) is 38.1 Å². The Morgan fingerprint density at radius 3 is 3.06 bits per heavy atom. The van der Waals surface area contributed by atoms with Gasteiger partial charge in [0.15, 0.2) is 0 Å². The number of ether oxygens (including phenoxy) is 1. The van der Waals surface area contributed by atoms with Gasteiger partial charge in [-0.25, -0.2) is 4.98 Å². The van der Waals surface area contributed by atoms with Gasteiger partial charge in [0.05, 0.1) is 5.60 Å². The summed E-state index contributed by atoms with van der Waals surface area (Å²) in [6.45, 7) is 4.04. The van der Waals surface area contributed by atoms with E-state index >= 15 is 0 Å². The van der Waals surface area contributed by atoms with Crippen LogP contribution in [0.1, 0.15) is 19.8 Å². The molecule has 0 aliphatic carbocycles. The van der Waals surface area contributed by atoms with Crippen molar-refractivity contribution in [2.75, 3.05) is 30.8 Å². The van der Waals surface area contributed by atoms with E-state index in [0.29, 0.717) is 0 Å². The van der Waals surface area contributed by atoms with E-state index in [1.165, 1.54) is 0 Å². The lowest BCUT2D eigenvalue weighted by molar-refractivity contribution is -0.00481. The maximum absolute atomic E-state index is 5.77. The van der Waals surface area contributed by atoms with Crippen LogP contribution in [0.25, 0.3) is 0 Å². The number of nitrogen functional groups attached to an aromatic ring is 1. The molecule has 2 heterocycles. The Bertz CT molecular complexity index is 369. The summed E-state index contributed by atoms with van der Waals surface area (Å²) in [7, 11) is 1.77. The van der Waals surface area contributed by atoms with Gasteiger partial charge in [-0.2, -0.15) is 0 Å². The zero-order valence-electron chi connectivity index (χ0n) is 9.94. The molecular formula is C12H19N3O. The first-order valence-electron chi connectivity index (χ1n) is 5.65. The highest BCUT2D eigenvalue weighted by Crippen LogP contribution is 2.27. The van der Waals surface area contributed by atoms with Crippen LogP contribution >= 0.6 is 0 Å². The quantitative estimate of drug-likeness (QED) is 0.825. The number of aromatic nitrogens is 1. The van der Waals surface area contributed by atoms with Crippen LogP contribution in [-0.2, 0) is 4.74 Å². The zero-order chi connectivity index (χ0) is 11.6. The van der Waals surface area contributed by atoms with Crippen molar-refractivity contribution in [3.63, 3.8) is 0 Å². The van der Waals surface area contributed by atoms with Crippen LogP contribution < -0.4 is 10.6 Å². The van der Waals surface area contributed by atoms with Gasteiger partial charge >= 0.3 is 0 Å². The minimum Gasteiger partial charge on any atom is -0.399 e. The maximum atomic E-state index is 5.77. The van der Waals surface area contributed by atoms with Gasteiger partial charge in [-0.1, -0.05) is 0 Å². The van der Waals surface area contributed by atoms with Gasteiger partial charge in [-0.05, 0) is 25.8 Å². The normalized spacial score (nSPS) is 25.8. The number of nitrogens with two attached hydrogens (primary N) is 1. The van der Waals surface area contributed by atoms with E-state index in [0.717, 1.165) is 37.4 Å². The summed E-state index contributed by atoms with van der Waals surface area (Å²) in [5, 5.41) is 0. The van der Waals surface area contributed by atoms with E-state index in [4.69, 9.17) is 10.5 Å². The number of methoxy groups -OCH3 is 1. The molecule has 0 saturated carbocycles. The molecule has 1 aromatic heterocycles. The third kappa shape index (κ3) is 2.27. The maximum Gasteiger partial charge on any atom is 0.130 e. The third-order valence-electron chi connectivity index (χ3n) is 3.25. The summed E-state index contributed by atoms with van der Waals surface area (Å²) < 4.78 is 5.56. The minimum absolute atomic E-state index is 0.0649. The van der Waals surface area contributed by atoms with E-state index in [-0.39, 0.29) is 5.60 Å². The van der Waals surface area contributed by atoms with Crippen LogP contribution in [0.2, 0.25) is 0 Å². The fourth-order valence-electron chi connectivity index (χ4n) is 2.17. The summed E-state index contributed by atoms with van der Waals surface area (Å²) in [4.78, 5) is 6.59. The molecule has 1 fully saturated rings. The lowest BCUT2D eigenvalue weighted by Crippen LogP contribution is -2.47. The van der Waals surface area contributed by atoms with Gasteiger partial charge in [-0.15, -0.1) is 0 Å². The van der Waals surface area contributed by atoms with Crippen molar-refractivity contribution >= 4 is 11.5 Å². The number of hydrogen-bond acceptors (Lipinski definition) is 4. The Morgan fingerprint density at radius 2 is 2.38 bits per heavy atom. The van der Waals surface area contributed by atoms with Crippen molar-refractivity contribution in [2.24, 2.45) is 0 Å². The fraction of sp³-hybridized carbons (Fsp3) is 0.583. The predicted octanol–water partition coefficient (Wildman–Crippen LogP) is 1.67. The van der Waals surface area contributed by atoms with Gasteiger partial charge in [0.1, 0.15) is 5.82 Å². The average Bonchev–Trinajstić information content (AvgIpc) is 2.29. The summed E-state index contributed by atoms with van der Waals surface area (Å²) >= 11 is 0. The molecule has 4 nitrogen and oxygen atoms in total. The molecule has 1 saturated heterocycles. The largest absolute Gasteiger partial charge is 0.399 e. The van der Waals surface area contributed by atoms with Crippen LogP contribution in [0.4, 0.5) is 11.5 Å². The molecule has 88 valence electrons. The smallest absolute Gasteiger partial charge is 0.130 e. The number of nitrogens with zero attached hydrogens (tertiary/aromatic N) is 2. The van der Waals surface area contributed by atoms with Crippen molar-refractivity contribution in [2.45, 2.75) is 25.4 Å². The summed E-state index contributed by atoms with van der Waals surface area (Å²) in [6, 6.07) is 3.73. The summed E-state index contributed by atoms with van der Waals surface area (Å²) in [5.74, 6) is 0.947. The average molecular weight is 221 g/mol. The second kappa shape index (κ2) is 4.29. The van der Waals surface area contributed by atoms with Gasteiger partial charge < -0.3 is 15.4 Å². The molecule has 0 amide bonds. The molecule has 4 heteroatoms. The first-order chi connectivity index (χ1) is 7.63. The Hall–Kier alpha value is -1.29. The highest BCUT2D eigenvalue weighted by Gasteiger charge is 2.31. The van der Waals surface area contributed by atoms with E-state index in [9.17, 15) is 0 Å². The third-order valence-corrected chi connectivity index (χ3v) is 3.25. The highest BCUT2D eigenvalue weighted by molar-refractivity contribution is 5.50. The van der Waals surface area contributed by atoms with E-state index < -0.39 is 0 Å². The van der Waals surface area contributed by atoms with Crippen LogP contribution in [0.15, 0.2) is 18.3 Å². The monoisotopic (exact) mass is 221 g/mol. The van der Waals surface area contributed by atoms with Crippen molar-refractivity contribution in [1.29, 1.82) is 0 Å². The van der Waals surface area contributed by atoms with Crippen LogP contribution in [0, 0.1) is 0 Å². The standard InChI is InChI=1S/C12H19N3O/c1-12(16-2)5-3-7-15(9-12)11-8-10(13)4-6-14-11/h4,6,8H,3,5,7,9H2,1-2H3,(H2,13,14). The Morgan fingerprint density at radius 1 is 1.56 bits per heavy atom. The number of hydrogen-bond donors (Lipinski definition) is 1. The second-order valence-electron chi connectivity index (χ2n) is 4.63. The molecule has 0 radical (unpaired) electrons. The van der Waals surface area contributed by atoms with E-state index in [2.05, 4.69) is 16.8 Å². The molecule has 1 atom stereocenters. The molecule has 1 aliphatic rings. The molecule has 1 aliphatic heterocycles. The molecule has 2 rings (SSSR count). The predicted molar refractivity (Wildman–Crippen MR) is 65.5 cm³/mol. The number of anilines is 2. The van der Waals surface area contributed by atoms with Gasteiger partial charge in [0.2, 0.25) is 0 Å². The topological polar surface area (TPSA) is 51.4 Å². The molecule has 0 spiro atoms. The number of pyridine rings is 1. The van der Waals surface area contributed by atoms with Crippen LogP contribution in [-0.4, -0.2) is 30.8 Å². The lowest BCUT2D eigenvalue weighted by atomic mass is 9.95. The summed E-state index contributed by atoms with van der Waals surface area (Å²) in [6.07, 6.45) is 3.98. The molecule has 0 aromatic carbocycles. The minimum atomic E-state index is -0.0649. The number of rotatable bonds is 2. The Kier molecular flexibility index (Phi) is 3.01. The molecule has 1 aromatic rings. The molecule has 1 unspecified atom stereocenters. The first kappa shape index (κ1) is 11.2. The lowest BCUT2D eigenvalue weighted by Gasteiger charge is -2.40. The first-order valence-corrected chi connectivity index (χ1v) is 5.65. The molecule has 2 N–H and O–H groups in total. The van der Waals surface area contributed by atoms with Crippen LogP contribution in [0.5, 0.6) is 0 Å². The molecular weight excluding hydrogens is 202 g/mol. The number of piperidine rings is 1. The Balaban J connectivity index is 2.16. The summed E-state index contributed by atoms with van der Waals surface area (Å²) in [5.41, 5.74) is 6.46. The zero-order valence-corrected chi connectivity index (χ0v) is 9.94. The van der Waals surface area contributed by atoms with Crippen molar-refractivity contribution in [3.8, 4) is 0 Å². The van der Waals surface area contributed by atoms with Crippen molar-refractivity contribution in [3.05, 3.63) is 18.3 Å². The Labute approximate surface area is 96.4 Å². The van der Waals surface area contributed by atoms with Crippen LogP contribution in [0.3, 0.4) is 0 Å². The van der Waals surface area contributed by atoms with Crippen molar-refractivity contribution in [1.82, 2.24) is 4.98 Å². The molecule has 0 bridgehead atoms. The molecule has 16 heavy (non-hydrogen) atoms. The highest BCUT2D eigenvalue weighted by atomic mass is 16.5. The SMILES string of the molecule is COC1(C)CCCN(c2cc(N)ccn2)C1. The van der Waals surface area contributed by atoms with Gasteiger partial charge in [-0.3, -0.25) is 0 Å².